The molecule has 1 aromatic carbocycles. The molecule has 0 saturated carbocycles. The summed E-state index contributed by atoms with van der Waals surface area (Å²) >= 11 is 0. The van der Waals surface area contributed by atoms with E-state index in [1.165, 1.54) is 12.8 Å². The lowest BCUT2D eigenvalue weighted by Crippen LogP contribution is -2.40. The molecule has 2 N–H and O–H groups in total. The number of anilines is 1. The Bertz CT molecular complexity index is 415. The molecule has 1 fully saturated rings. The third-order valence-corrected chi connectivity index (χ3v) is 4.06. The van der Waals surface area contributed by atoms with Crippen LogP contribution in [0.4, 0.5) is 10.1 Å². The van der Waals surface area contributed by atoms with E-state index in [0.717, 1.165) is 37.1 Å². The maximum atomic E-state index is 14.3. The molecule has 1 aromatic rings. The van der Waals surface area contributed by atoms with E-state index in [9.17, 15) is 4.39 Å². The van der Waals surface area contributed by atoms with E-state index in [1.54, 1.807) is 6.07 Å². The van der Waals surface area contributed by atoms with E-state index in [-0.39, 0.29) is 11.9 Å². The molecule has 3 heteroatoms. The fourth-order valence-corrected chi connectivity index (χ4v) is 2.99. The number of halogens is 1. The first-order valence-corrected chi connectivity index (χ1v) is 7.45. The van der Waals surface area contributed by atoms with Crippen molar-refractivity contribution in [2.75, 3.05) is 11.4 Å². The molecule has 19 heavy (non-hydrogen) atoms. The van der Waals surface area contributed by atoms with Gasteiger partial charge in [-0.15, -0.1) is 0 Å². The van der Waals surface area contributed by atoms with Crippen molar-refractivity contribution >= 4 is 5.69 Å². The minimum Gasteiger partial charge on any atom is -0.366 e. The molecular weight excluding hydrogens is 239 g/mol. The molecule has 0 aliphatic carbocycles. The highest BCUT2D eigenvalue weighted by Gasteiger charge is 2.24. The Kier molecular flexibility index (Phi) is 4.81. The van der Waals surface area contributed by atoms with Crippen molar-refractivity contribution in [2.24, 2.45) is 5.73 Å². The summed E-state index contributed by atoms with van der Waals surface area (Å²) in [5.41, 5.74) is 7.42. The highest BCUT2D eigenvalue weighted by molar-refractivity contribution is 5.50. The number of nitrogens with two attached hydrogens (primary N) is 1. The molecule has 1 saturated heterocycles. The molecule has 2 rings (SSSR count). The van der Waals surface area contributed by atoms with Crippen LogP contribution in [0.25, 0.3) is 0 Å². The first-order chi connectivity index (χ1) is 9.13. The van der Waals surface area contributed by atoms with Gasteiger partial charge in [-0.25, -0.2) is 4.39 Å². The van der Waals surface area contributed by atoms with Crippen LogP contribution >= 0.6 is 0 Å². The molecule has 1 heterocycles. The van der Waals surface area contributed by atoms with Gasteiger partial charge in [-0.05, 0) is 50.3 Å². The van der Waals surface area contributed by atoms with Gasteiger partial charge >= 0.3 is 0 Å². The van der Waals surface area contributed by atoms with Crippen LogP contribution in [0.5, 0.6) is 0 Å². The average molecular weight is 264 g/mol. The first-order valence-electron chi connectivity index (χ1n) is 7.45. The molecule has 0 spiro atoms. The summed E-state index contributed by atoms with van der Waals surface area (Å²) in [4.78, 5) is 2.26. The van der Waals surface area contributed by atoms with Gasteiger partial charge in [-0.2, -0.15) is 0 Å². The van der Waals surface area contributed by atoms with E-state index < -0.39 is 0 Å². The van der Waals surface area contributed by atoms with Gasteiger partial charge in [0.1, 0.15) is 5.82 Å². The second-order valence-electron chi connectivity index (χ2n) is 5.63. The van der Waals surface area contributed by atoms with E-state index in [1.807, 2.05) is 19.1 Å². The van der Waals surface area contributed by atoms with Crippen molar-refractivity contribution in [3.05, 3.63) is 29.6 Å². The normalized spacial score (nSPS) is 21.5. The second kappa shape index (κ2) is 6.38. The van der Waals surface area contributed by atoms with E-state index >= 15 is 0 Å². The highest BCUT2D eigenvalue weighted by Crippen LogP contribution is 2.30. The Morgan fingerprint density at radius 2 is 2.21 bits per heavy atom. The third-order valence-electron chi connectivity index (χ3n) is 4.06. The van der Waals surface area contributed by atoms with Gasteiger partial charge in [0.25, 0.3) is 0 Å². The minimum absolute atomic E-state index is 0.114. The third kappa shape index (κ3) is 3.27. The Labute approximate surface area is 115 Å². The summed E-state index contributed by atoms with van der Waals surface area (Å²) in [6.45, 7) is 5.05. The molecule has 0 aromatic heterocycles. The fraction of sp³-hybridized carbons (Fsp3) is 0.625. The second-order valence-corrected chi connectivity index (χ2v) is 5.63. The molecule has 1 aliphatic rings. The van der Waals surface area contributed by atoms with Crippen LogP contribution in [0, 0.1) is 5.82 Å². The summed E-state index contributed by atoms with van der Waals surface area (Å²) in [5.74, 6) is -0.127. The lowest BCUT2D eigenvalue weighted by molar-refractivity contribution is 0.429. The van der Waals surface area contributed by atoms with Gasteiger partial charge in [0.2, 0.25) is 0 Å². The van der Waals surface area contributed by atoms with Crippen LogP contribution in [-0.4, -0.2) is 12.6 Å². The van der Waals surface area contributed by atoms with Gasteiger partial charge in [0.05, 0.1) is 5.69 Å². The number of piperidine rings is 1. The van der Waals surface area contributed by atoms with Gasteiger partial charge in [-0.1, -0.05) is 19.4 Å². The zero-order valence-corrected chi connectivity index (χ0v) is 12.0. The van der Waals surface area contributed by atoms with Gasteiger partial charge < -0.3 is 10.6 Å². The van der Waals surface area contributed by atoms with Gasteiger partial charge in [0.15, 0.2) is 0 Å². The molecule has 0 amide bonds. The zero-order chi connectivity index (χ0) is 13.8. The number of hydrogen-bond donors (Lipinski definition) is 1. The van der Waals surface area contributed by atoms with Crippen molar-refractivity contribution in [3.63, 3.8) is 0 Å². The molecule has 0 bridgehead atoms. The molecule has 106 valence electrons. The summed E-state index contributed by atoms with van der Waals surface area (Å²) in [6.07, 6.45) is 5.91. The topological polar surface area (TPSA) is 29.3 Å². The first kappa shape index (κ1) is 14.3. The standard InChI is InChI=1S/C16H25FN2/c1-3-6-14-7-4-5-10-19(14)16-9-8-13(12(2)18)11-15(16)17/h8-9,11-12,14H,3-7,10,18H2,1-2H3/t12-,14?/m0/s1. The van der Waals surface area contributed by atoms with Crippen LogP contribution in [0.3, 0.4) is 0 Å². The highest BCUT2D eigenvalue weighted by atomic mass is 19.1. The maximum Gasteiger partial charge on any atom is 0.146 e. The van der Waals surface area contributed by atoms with E-state index in [2.05, 4.69) is 11.8 Å². The summed E-state index contributed by atoms with van der Waals surface area (Å²) in [5, 5.41) is 0. The lowest BCUT2D eigenvalue weighted by atomic mass is 9.97. The zero-order valence-electron chi connectivity index (χ0n) is 12.0. The number of nitrogens with zero attached hydrogens (tertiary/aromatic N) is 1. The van der Waals surface area contributed by atoms with Crippen LogP contribution < -0.4 is 10.6 Å². The Morgan fingerprint density at radius 3 is 2.84 bits per heavy atom. The van der Waals surface area contributed by atoms with E-state index in [0.29, 0.717) is 6.04 Å². The Hall–Kier alpha value is -1.09. The minimum atomic E-state index is -0.127. The fourth-order valence-electron chi connectivity index (χ4n) is 2.99. The smallest absolute Gasteiger partial charge is 0.146 e. The van der Waals surface area contributed by atoms with E-state index in [4.69, 9.17) is 5.73 Å². The predicted octanol–water partition coefficient (Wildman–Crippen LogP) is 4.00. The summed E-state index contributed by atoms with van der Waals surface area (Å²) in [6, 6.07) is 5.84. The number of rotatable bonds is 4. The van der Waals surface area contributed by atoms with Crippen LogP contribution in [0.15, 0.2) is 18.2 Å². The Balaban J connectivity index is 2.23. The van der Waals surface area contributed by atoms with Crippen LogP contribution in [0.1, 0.15) is 57.6 Å². The number of benzene rings is 1. The van der Waals surface area contributed by atoms with Crippen molar-refractivity contribution in [3.8, 4) is 0 Å². The van der Waals surface area contributed by atoms with Crippen molar-refractivity contribution in [1.29, 1.82) is 0 Å². The molecule has 2 nitrogen and oxygen atoms in total. The van der Waals surface area contributed by atoms with Gasteiger partial charge in [0, 0.05) is 18.6 Å². The van der Waals surface area contributed by atoms with Crippen molar-refractivity contribution in [2.45, 2.75) is 58.0 Å². The largest absolute Gasteiger partial charge is 0.366 e. The Morgan fingerprint density at radius 1 is 1.42 bits per heavy atom. The summed E-state index contributed by atoms with van der Waals surface area (Å²) in [7, 11) is 0. The predicted molar refractivity (Wildman–Crippen MR) is 78.9 cm³/mol. The quantitative estimate of drug-likeness (QED) is 0.890. The molecule has 1 aliphatic heterocycles. The van der Waals surface area contributed by atoms with Crippen LogP contribution in [0.2, 0.25) is 0 Å². The number of hydrogen-bond acceptors (Lipinski definition) is 2. The molecule has 1 unspecified atom stereocenters. The molecule has 0 radical (unpaired) electrons. The maximum absolute atomic E-state index is 14.3. The van der Waals surface area contributed by atoms with Crippen LogP contribution in [-0.2, 0) is 0 Å². The monoisotopic (exact) mass is 264 g/mol. The average Bonchev–Trinajstić information content (AvgIpc) is 2.40. The SMILES string of the molecule is CCCC1CCCCN1c1ccc([C@H](C)N)cc1F. The van der Waals surface area contributed by atoms with Gasteiger partial charge in [-0.3, -0.25) is 0 Å². The lowest BCUT2D eigenvalue weighted by Gasteiger charge is -2.38. The summed E-state index contributed by atoms with van der Waals surface area (Å²) < 4.78 is 14.3. The van der Waals surface area contributed by atoms with Crippen molar-refractivity contribution in [1.82, 2.24) is 0 Å². The van der Waals surface area contributed by atoms with Crippen molar-refractivity contribution < 1.29 is 4.39 Å². The molecule has 2 atom stereocenters. The molecular formula is C16H25FN2.